The molecule has 1 heterocycles. The third-order valence-corrected chi connectivity index (χ3v) is 5.37. The molecule has 1 atom stereocenters. The molecule has 1 aliphatic carbocycles. The molecule has 120 valence electrons. The number of likely N-dealkylation sites (tertiary alicyclic amines) is 1. The van der Waals surface area contributed by atoms with Crippen LogP contribution in [0.3, 0.4) is 0 Å². The van der Waals surface area contributed by atoms with Crippen molar-refractivity contribution in [3.8, 4) is 0 Å². The molecule has 1 amide bonds. The molecule has 3 N–H and O–H groups in total. The maximum Gasteiger partial charge on any atom is 0.306 e. The Morgan fingerprint density at radius 3 is 2.38 bits per heavy atom. The Labute approximate surface area is 124 Å². The van der Waals surface area contributed by atoms with Crippen LogP contribution < -0.4 is 5.14 Å². The van der Waals surface area contributed by atoms with Gasteiger partial charge in [-0.05, 0) is 31.6 Å². The molecule has 1 aliphatic heterocycles. The molecule has 0 spiro atoms. The van der Waals surface area contributed by atoms with Crippen LogP contribution in [0.15, 0.2) is 0 Å². The van der Waals surface area contributed by atoms with Gasteiger partial charge in [-0.25, -0.2) is 13.6 Å². The molecule has 0 aromatic carbocycles. The molecular formula is C13H22N2O5S. The molecule has 1 saturated heterocycles. The minimum Gasteiger partial charge on any atom is -0.481 e. The lowest BCUT2D eigenvalue weighted by Gasteiger charge is -2.29. The van der Waals surface area contributed by atoms with Gasteiger partial charge < -0.3 is 10.0 Å². The van der Waals surface area contributed by atoms with E-state index in [1.54, 1.807) is 4.90 Å². The van der Waals surface area contributed by atoms with Crippen molar-refractivity contribution in [3.05, 3.63) is 0 Å². The van der Waals surface area contributed by atoms with Crippen LogP contribution in [0, 0.1) is 17.8 Å². The van der Waals surface area contributed by atoms with Crippen LogP contribution in [-0.2, 0) is 19.6 Å². The number of nitrogens with zero attached hydrogens (tertiary/aromatic N) is 1. The first kappa shape index (κ1) is 16.2. The van der Waals surface area contributed by atoms with Crippen molar-refractivity contribution in [2.24, 2.45) is 22.9 Å². The predicted octanol–water partition coefficient (Wildman–Crippen LogP) is 0.0144. The van der Waals surface area contributed by atoms with Crippen LogP contribution in [-0.4, -0.2) is 49.1 Å². The normalized spacial score (nSPS) is 30.6. The highest BCUT2D eigenvalue weighted by atomic mass is 32.2. The number of aliphatic carboxylic acids is 1. The SMILES string of the molecule is NS(=O)(=O)CC1CC(=O)N(CC2CCC(C(=O)O)CC2)C1. The number of amides is 1. The minimum absolute atomic E-state index is 0.0241. The Kier molecular flexibility index (Phi) is 4.88. The van der Waals surface area contributed by atoms with Crippen LogP contribution >= 0.6 is 0 Å². The molecule has 2 aliphatic rings. The summed E-state index contributed by atoms with van der Waals surface area (Å²) in [6.07, 6.45) is 3.16. The summed E-state index contributed by atoms with van der Waals surface area (Å²) >= 11 is 0. The Morgan fingerprint density at radius 1 is 1.24 bits per heavy atom. The molecule has 0 aromatic rings. The lowest BCUT2D eigenvalue weighted by Crippen LogP contribution is -2.34. The van der Waals surface area contributed by atoms with Gasteiger partial charge in [-0.2, -0.15) is 0 Å². The largest absolute Gasteiger partial charge is 0.481 e. The number of hydrogen-bond acceptors (Lipinski definition) is 4. The van der Waals surface area contributed by atoms with Crippen molar-refractivity contribution in [1.29, 1.82) is 0 Å². The highest BCUT2D eigenvalue weighted by molar-refractivity contribution is 7.89. The van der Waals surface area contributed by atoms with Gasteiger partial charge in [0.2, 0.25) is 15.9 Å². The van der Waals surface area contributed by atoms with E-state index in [4.69, 9.17) is 10.2 Å². The van der Waals surface area contributed by atoms with E-state index in [0.717, 1.165) is 12.8 Å². The highest BCUT2D eigenvalue weighted by Crippen LogP contribution is 2.31. The summed E-state index contributed by atoms with van der Waals surface area (Å²) in [5.41, 5.74) is 0. The molecule has 8 heteroatoms. The van der Waals surface area contributed by atoms with Crippen molar-refractivity contribution in [2.75, 3.05) is 18.8 Å². The van der Waals surface area contributed by atoms with Gasteiger partial charge in [0.15, 0.2) is 0 Å². The van der Waals surface area contributed by atoms with Gasteiger partial charge in [0, 0.05) is 25.4 Å². The number of sulfonamides is 1. The zero-order valence-electron chi connectivity index (χ0n) is 11.9. The van der Waals surface area contributed by atoms with Gasteiger partial charge in [0.25, 0.3) is 0 Å². The van der Waals surface area contributed by atoms with E-state index in [9.17, 15) is 18.0 Å². The van der Waals surface area contributed by atoms with Gasteiger partial charge in [0.1, 0.15) is 0 Å². The summed E-state index contributed by atoms with van der Waals surface area (Å²) in [5.74, 6) is -1.07. The van der Waals surface area contributed by atoms with E-state index in [1.807, 2.05) is 0 Å². The Morgan fingerprint density at radius 2 is 1.86 bits per heavy atom. The zero-order chi connectivity index (χ0) is 15.6. The zero-order valence-corrected chi connectivity index (χ0v) is 12.7. The first-order valence-corrected chi connectivity index (χ1v) is 8.97. The average molecular weight is 318 g/mol. The van der Waals surface area contributed by atoms with Crippen molar-refractivity contribution < 1.29 is 23.1 Å². The fourth-order valence-corrected chi connectivity index (χ4v) is 4.25. The van der Waals surface area contributed by atoms with E-state index in [0.29, 0.717) is 31.8 Å². The van der Waals surface area contributed by atoms with E-state index >= 15 is 0 Å². The standard InChI is InChI=1S/C13H22N2O5S/c14-21(19,20)8-10-5-12(16)15(7-10)6-9-1-3-11(4-2-9)13(17)18/h9-11H,1-8H2,(H,17,18)(H2,14,19,20). The first-order chi connectivity index (χ1) is 9.74. The topological polar surface area (TPSA) is 118 Å². The Hall–Kier alpha value is -1.15. The van der Waals surface area contributed by atoms with E-state index in [1.165, 1.54) is 0 Å². The quantitative estimate of drug-likeness (QED) is 0.740. The summed E-state index contributed by atoms with van der Waals surface area (Å²) in [4.78, 5) is 24.5. The van der Waals surface area contributed by atoms with Gasteiger partial charge >= 0.3 is 5.97 Å². The molecule has 1 saturated carbocycles. The lowest BCUT2D eigenvalue weighted by atomic mass is 9.82. The number of hydrogen-bond donors (Lipinski definition) is 2. The van der Waals surface area contributed by atoms with Gasteiger partial charge in [-0.3, -0.25) is 9.59 Å². The molecule has 0 radical (unpaired) electrons. The summed E-state index contributed by atoms with van der Waals surface area (Å²) in [6, 6.07) is 0. The Balaban J connectivity index is 1.82. The fourth-order valence-electron chi connectivity index (χ4n) is 3.37. The van der Waals surface area contributed by atoms with Crippen molar-refractivity contribution in [2.45, 2.75) is 32.1 Å². The van der Waals surface area contributed by atoms with Crippen LogP contribution in [0.5, 0.6) is 0 Å². The number of carbonyl (C=O) groups is 2. The molecule has 0 aromatic heterocycles. The number of rotatable bonds is 5. The highest BCUT2D eigenvalue weighted by Gasteiger charge is 2.34. The number of primary sulfonamides is 1. The third-order valence-electron chi connectivity index (χ3n) is 4.44. The van der Waals surface area contributed by atoms with Gasteiger partial charge in [-0.1, -0.05) is 0 Å². The van der Waals surface area contributed by atoms with Crippen LogP contribution in [0.25, 0.3) is 0 Å². The molecular weight excluding hydrogens is 296 g/mol. The second kappa shape index (κ2) is 6.31. The minimum atomic E-state index is -3.55. The number of carboxylic acid groups (broad SMARTS) is 1. The molecule has 7 nitrogen and oxygen atoms in total. The molecule has 2 fully saturated rings. The van der Waals surface area contributed by atoms with Crippen molar-refractivity contribution >= 4 is 21.9 Å². The number of carbonyl (C=O) groups excluding carboxylic acids is 1. The second-order valence-corrected chi connectivity index (χ2v) is 7.91. The van der Waals surface area contributed by atoms with Crippen molar-refractivity contribution in [3.63, 3.8) is 0 Å². The van der Waals surface area contributed by atoms with Gasteiger partial charge in [0.05, 0.1) is 11.7 Å². The van der Waals surface area contributed by atoms with E-state index in [-0.39, 0.29) is 29.9 Å². The molecule has 21 heavy (non-hydrogen) atoms. The summed E-state index contributed by atoms with van der Waals surface area (Å²) in [5, 5.41) is 14.0. The summed E-state index contributed by atoms with van der Waals surface area (Å²) in [7, 11) is -3.55. The van der Waals surface area contributed by atoms with E-state index < -0.39 is 16.0 Å². The van der Waals surface area contributed by atoms with Crippen LogP contribution in [0.2, 0.25) is 0 Å². The maximum absolute atomic E-state index is 11.9. The molecule has 2 rings (SSSR count). The lowest BCUT2D eigenvalue weighted by molar-refractivity contribution is -0.143. The van der Waals surface area contributed by atoms with E-state index in [2.05, 4.69) is 0 Å². The molecule has 1 unspecified atom stereocenters. The first-order valence-electron chi connectivity index (χ1n) is 7.25. The fraction of sp³-hybridized carbons (Fsp3) is 0.846. The monoisotopic (exact) mass is 318 g/mol. The van der Waals surface area contributed by atoms with Crippen LogP contribution in [0.1, 0.15) is 32.1 Å². The smallest absolute Gasteiger partial charge is 0.306 e. The molecule has 0 bridgehead atoms. The summed E-state index contributed by atoms with van der Waals surface area (Å²) in [6.45, 7) is 1.04. The third kappa shape index (κ3) is 4.67. The van der Waals surface area contributed by atoms with Crippen molar-refractivity contribution in [1.82, 2.24) is 4.90 Å². The average Bonchev–Trinajstić information content (AvgIpc) is 2.67. The van der Waals surface area contributed by atoms with Crippen LogP contribution in [0.4, 0.5) is 0 Å². The Bertz CT molecular complexity index is 511. The van der Waals surface area contributed by atoms with Gasteiger partial charge in [-0.15, -0.1) is 0 Å². The summed E-state index contributed by atoms with van der Waals surface area (Å²) < 4.78 is 22.2. The number of nitrogens with two attached hydrogens (primary N) is 1. The predicted molar refractivity (Wildman–Crippen MR) is 75.7 cm³/mol. The number of carboxylic acids is 1. The second-order valence-electron chi connectivity index (χ2n) is 6.25. The maximum atomic E-state index is 11.9.